The lowest BCUT2D eigenvalue weighted by molar-refractivity contribution is -0.122. The van der Waals surface area contributed by atoms with Crippen molar-refractivity contribution in [2.45, 2.75) is 13.0 Å². The SMILES string of the molecule is CNC(=O)C(C)NC(=O)c1[nH]cc(F)c(=O)c1O. The minimum absolute atomic E-state index is 0.452. The van der Waals surface area contributed by atoms with Gasteiger partial charge in [-0.15, -0.1) is 0 Å². The third kappa shape index (κ3) is 2.65. The lowest BCUT2D eigenvalue weighted by Gasteiger charge is -2.12. The van der Waals surface area contributed by atoms with Crippen LogP contribution >= 0.6 is 0 Å². The molecule has 0 saturated carbocycles. The second kappa shape index (κ2) is 5.30. The number of carbonyl (C=O) groups is 2. The smallest absolute Gasteiger partial charge is 0.272 e. The van der Waals surface area contributed by atoms with E-state index in [1.54, 1.807) is 0 Å². The zero-order chi connectivity index (χ0) is 13.9. The minimum atomic E-state index is -1.29. The van der Waals surface area contributed by atoms with Crippen molar-refractivity contribution in [3.05, 3.63) is 27.9 Å². The van der Waals surface area contributed by atoms with Crippen molar-refractivity contribution in [1.82, 2.24) is 15.6 Å². The maximum absolute atomic E-state index is 12.8. The number of carbonyl (C=O) groups excluding carboxylic acids is 2. The lowest BCUT2D eigenvalue weighted by Crippen LogP contribution is -2.44. The highest BCUT2D eigenvalue weighted by atomic mass is 19.1. The first-order valence-electron chi connectivity index (χ1n) is 5.01. The third-order valence-electron chi connectivity index (χ3n) is 2.23. The number of aromatic amines is 1. The molecular formula is C10H12FN3O4. The van der Waals surface area contributed by atoms with Crippen LogP contribution in [0.5, 0.6) is 5.75 Å². The van der Waals surface area contributed by atoms with Crippen molar-refractivity contribution < 1.29 is 19.1 Å². The van der Waals surface area contributed by atoms with E-state index in [1.165, 1.54) is 14.0 Å². The molecule has 18 heavy (non-hydrogen) atoms. The molecule has 2 amide bonds. The lowest BCUT2D eigenvalue weighted by atomic mass is 10.2. The molecule has 0 radical (unpaired) electrons. The monoisotopic (exact) mass is 257 g/mol. The number of H-pyrrole nitrogens is 1. The van der Waals surface area contributed by atoms with Gasteiger partial charge in [0.05, 0.1) is 0 Å². The van der Waals surface area contributed by atoms with E-state index in [0.717, 1.165) is 0 Å². The summed E-state index contributed by atoms with van der Waals surface area (Å²) >= 11 is 0. The van der Waals surface area contributed by atoms with Crippen molar-refractivity contribution in [2.24, 2.45) is 0 Å². The first-order chi connectivity index (χ1) is 8.38. The third-order valence-corrected chi connectivity index (χ3v) is 2.23. The average molecular weight is 257 g/mol. The maximum atomic E-state index is 12.8. The Morgan fingerprint density at radius 2 is 2.11 bits per heavy atom. The topological polar surface area (TPSA) is 111 Å². The highest BCUT2D eigenvalue weighted by Crippen LogP contribution is 2.08. The molecule has 0 bridgehead atoms. The Kier molecular flexibility index (Phi) is 4.03. The number of amides is 2. The molecule has 1 heterocycles. The summed E-state index contributed by atoms with van der Waals surface area (Å²) in [4.78, 5) is 36.0. The summed E-state index contributed by atoms with van der Waals surface area (Å²) < 4.78 is 12.8. The van der Waals surface area contributed by atoms with Gasteiger partial charge in [-0.3, -0.25) is 14.4 Å². The number of hydrogen-bond acceptors (Lipinski definition) is 4. The molecule has 0 aromatic carbocycles. The Morgan fingerprint density at radius 3 is 2.67 bits per heavy atom. The molecule has 0 saturated heterocycles. The highest BCUT2D eigenvalue weighted by Gasteiger charge is 2.20. The van der Waals surface area contributed by atoms with E-state index >= 15 is 0 Å². The summed E-state index contributed by atoms with van der Waals surface area (Å²) in [5.41, 5.74) is -1.79. The first-order valence-corrected chi connectivity index (χ1v) is 5.01. The molecule has 4 N–H and O–H groups in total. The van der Waals surface area contributed by atoms with Crippen LogP contribution in [0.15, 0.2) is 11.0 Å². The Balaban J connectivity index is 2.96. The van der Waals surface area contributed by atoms with Crippen molar-refractivity contribution in [3.8, 4) is 5.75 Å². The van der Waals surface area contributed by atoms with E-state index < -0.39 is 40.5 Å². The quantitative estimate of drug-likeness (QED) is 0.561. The van der Waals surface area contributed by atoms with Gasteiger partial charge in [-0.25, -0.2) is 4.39 Å². The second-order valence-electron chi connectivity index (χ2n) is 3.50. The number of aromatic nitrogens is 1. The van der Waals surface area contributed by atoms with Gasteiger partial charge in [0.1, 0.15) is 6.04 Å². The van der Waals surface area contributed by atoms with Gasteiger partial charge in [-0.2, -0.15) is 0 Å². The molecule has 0 aliphatic rings. The van der Waals surface area contributed by atoms with Crippen LogP contribution in [0.25, 0.3) is 0 Å². The van der Waals surface area contributed by atoms with E-state index in [4.69, 9.17) is 0 Å². The summed E-state index contributed by atoms with van der Waals surface area (Å²) in [5.74, 6) is -3.58. The molecule has 8 heteroatoms. The largest absolute Gasteiger partial charge is 0.502 e. The summed E-state index contributed by atoms with van der Waals surface area (Å²) in [6, 6.07) is -0.865. The molecule has 1 unspecified atom stereocenters. The molecule has 0 aliphatic heterocycles. The van der Waals surface area contributed by atoms with Gasteiger partial charge in [0.15, 0.2) is 17.3 Å². The predicted octanol–water partition coefficient (Wildman–Crippen LogP) is -0.916. The fraction of sp³-hybridized carbons (Fsp3) is 0.300. The number of likely N-dealkylation sites (N-methyl/N-ethyl adjacent to an activating group) is 1. The van der Waals surface area contributed by atoms with Crippen LogP contribution in [0.4, 0.5) is 4.39 Å². The number of pyridine rings is 1. The van der Waals surface area contributed by atoms with Crippen LogP contribution < -0.4 is 16.1 Å². The van der Waals surface area contributed by atoms with Gasteiger partial charge in [0, 0.05) is 13.2 Å². The number of rotatable bonds is 3. The van der Waals surface area contributed by atoms with Crippen molar-refractivity contribution >= 4 is 11.8 Å². The molecule has 7 nitrogen and oxygen atoms in total. The normalized spacial score (nSPS) is 11.7. The van der Waals surface area contributed by atoms with Gasteiger partial charge in [0.2, 0.25) is 5.91 Å². The molecule has 1 aromatic rings. The minimum Gasteiger partial charge on any atom is -0.502 e. The fourth-order valence-electron chi connectivity index (χ4n) is 1.22. The molecule has 1 rings (SSSR count). The van der Waals surface area contributed by atoms with E-state index in [0.29, 0.717) is 6.20 Å². The Morgan fingerprint density at radius 1 is 1.50 bits per heavy atom. The first kappa shape index (κ1) is 13.7. The van der Waals surface area contributed by atoms with E-state index in [-0.39, 0.29) is 0 Å². The Labute approximate surface area is 101 Å². The predicted molar refractivity (Wildman–Crippen MR) is 59.7 cm³/mol. The van der Waals surface area contributed by atoms with Gasteiger partial charge < -0.3 is 20.7 Å². The summed E-state index contributed by atoms with van der Waals surface area (Å²) in [5, 5.41) is 13.9. The van der Waals surface area contributed by atoms with Crippen LogP contribution in [0.2, 0.25) is 0 Å². The van der Waals surface area contributed by atoms with Gasteiger partial charge >= 0.3 is 0 Å². The van der Waals surface area contributed by atoms with Crippen LogP contribution in [0.3, 0.4) is 0 Å². The number of hydrogen-bond donors (Lipinski definition) is 4. The molecule has 0 spiro atoms. The molecule has 0 aliphatic carbocycles. The van der Waals surface area contributed by atoms with Crippen molar-refractivity contribution in [2.75, 3.05) is 7.05 Å². The fourth-order valence-corrected chi connectivity index (χ4v) is 1.22. The van der Waals surface area contributed by atoms with Crippen LogP contribution in [-0.4, -0.2) is 35.0 Å². The van der Waals surface area contributed by atoms with Gasteiger partial charge in [-0.05, 0) is 6.92 Å². The summed E-state index contributed by atoms with van der Waals surface area (Å²) in [7, 11) is 1.39. The number of aromatic hydroxyl groups is 1. The molecule has 1 atom stereocenters. The molecule has 0 fully saturated rings. The van der Waals surface area contributed by atoms with Crippen LogP contribution in [-0.2, 0) is 4.79 Å². The number of nitrogens with one attached hydrogen (secondary N) is 3. The van der Waals surface area contributed by atoms with E-state index in [1.807, 2.05) is 0 Å². The molecule has 1 aromatic heterocycles. The molecule has 98 valence electrons. The summed E-state index contributed by atoms with van der Waals surface area (Å²) in [6.07, 6.45) is 0.654. The average Bonchev–Trinajstić information content (AvgIpc) is 2.34. The van der Waals surface area contributed by atoms with Gasteiger partial charge in [-0.1, -0.05) is 0 Å². The highest BCUT2D eigenvalue weighted by molar-refractivity contribution is 5.97. The van der Waals surface area contributed by atoms with Crippen molar-refractivity contribution in [1.29, 1.82) is 0 Å². The molecular weight excluding hydrogens is 245 g/mol. The van der Waals surface area contributed by atoms with E-state index in [9.17, 15) is 23.9 Å². The standard InChI is InChI=1S/C10H12FN3O4/c1-4(9(17)12-2)14-10(18)6-8(16)7(15)5(11)3-13-6/h3-4,16H,1-2H3,(H,12,17)(H,13,15)(H,14,18). The van der Waals surface area contributed by atoms with Crippen LogP contribution in [0, 0.1) is 5.82 Å². The van der Waals surface area contributed by atoms with Crippen LogP contribution in [0.1, 0.15) is 17.4 Å². The van der Waals surface area contributed by atoms with Crippen molar-refractivity contribution in [3.63, 3.8) is 0 Å². The van der Waals surface area contributed by atoms with Gasteiger partial charge in [0.25, 0.3) is 11.3 Å². The zero-order valence-corrected chi connectivity index (χ0v) is 9.70. The maximum Gasteiger partial charge on any atom is 0.272 e. The summed E-state index contributed by atoms with van der Waals surface area (Å²) in [6.45, 7) is 1.41. The Bertz CT molecular complexity index is 540. The second-order valence-corrected chi connectivity index (χ2v) is 3.50. The zero-order valence-electron chi connectivity index (χ0n) is 9.70. The van der Waals surface area contributed by atoms with E-state index in [2.05, 4.69) is 15.6 Å². The number of halogens is 1. The Hall–Kier alpha value is -2.38.